The number of carbonyl (C=O) groups is 3. The summed E-state index contributed by atoms with van der Waals surface area (Å²) in [6.07, 6.45) is 1.64. The molecule has 0 radical (unpaired) electrons. The lowest BCUT2D eigenvalue weighted by molar-refractivity contribution is -0.114. The van der Waals surface area contributed by atoms with Gasteiger partial charge in [-0.1, -0.05) is 30.3 Å². The minimum Gasteiger partial charge on any atom is -0.325 e. The molecule has 192 valence electrons. The zero-order chi connectivity index (χ0) is 26.9. The van der Waals surface area contributed by atoms with Gasteiger partial charge in [-0.3, -0.25) is 14.4 Å². The van der Waals surface area contributed by atoms with Gasteiger partial charge >= 0.3 is 0 Å². The molecule has 0 bridgehead atoms. The van der Waals surface area contributed by atoms with E-state index < -0.39 is 5.91 Å². The van der Waals surface area contributed by atoms with Gasteiger partial charge in [-0.2, -0.15) is 11.3 Å². The molecule has 1 heterocycles. The number of anilines is 2. The van der Waals surface area contributed by atoms with E-state index in [1.807, 2.05) is 67.1 Å². The molecule has 0 aliphatic rings. The molecule has 4 aromatic rings. The van der Waals surface area contributed by atoms with E-state index in [1.54, 1.807) is 42.5 Å². The van der Waals surface area contributed by atoms with E-state index in [0.717, 1.165) is 21.7 Å². The van der Waals surface area contributed by atoms with Crippen LogP contribution in [0, 0.1) is 13.8 Å². The van der Waals surface area contributed by atoms with Crippen molar-refractivity contribution in [3.8, 4) is 0 Å². The van der Waals surface area contributed by atoms with E-state index in [4.69, 9.17) is 0 Å². The number of thioether (sulfide) groups is 1. The summed E-state index contributed by atoms with van der Waals surface area (Å²) in [6, 6.07) is 23.7. The number of hydrogen-bond donors (Lipinski definition) is 3. The molecule has 8 heteroatoms. The smallest absolute Gasteiger partial charge is 0.272 e. The Morgan fingerprint density at radius 2 is 1.63 bits per heavy atom. The molecule has 3 aromatic carbocycles. The summed E-state index contributed by atoms with van der Waals surface area (Å²) >= 11 is 2.87. The van der Waals surface area contributed by atoms with Crippen molar-refractivity contribution in [2.75, 3.05) is 16.4 Å². The Kier molecular flexibility index (Phi) is 9.13. The quantitative estimate of drug-likeness (QED) is 0.167. The van der Waals surface area contributed by atoms with E-state index in [9.17, 15) is 14.4 Å². The fourth-order valence-electron chi connectivity index (χ4n) is 3.49. The number of rotatable bonds is 9. The Morgan fingerprint density at radius 3 is 2.37 bits per heavy atom. The monoisotopic (exact) mass is 541 g/mol. The Morgan fingerprint density at radius 1 is 0.842 bits per heavy atom. The molecular formula is C30H27N3O3S2. The van der Waals surface area contributed by atoms with E-state index in [0.29, 0.717) is 11.3 Å². The van der Waals surface area contributed by atoms with Crippen molar-refractivity contribution in [1.82, 2.24) is 5.32 Å². The maximum absolute atomic E-state index is 13.2. The van der Waals surface area contributed by atoms with Gasteiger partial charge in [0.2, 0.25) is 5.91 Å². The topological polar surface area (TPSA) is 87.3 Å². The molecule has 0 aliphatic heterocycles. The van der Waals surface area contributed by atoms with Crippen LogP contribution in [0.5, 0.6) is 0 Å². The van der Waals surface area contributed by atoms with Gasteiger partial charge in [0.15, 0.2) is 0 Å². The Labute approximate surface area is 230 Å². The first kappa shape index (κ1) is 26.9. The SMILES string of the molecule is Cc1ccc(NC(=O)CSc2cccc(NC(=O)/C(=C/c3ccsc3)NC(=O)c3ccccc3)c2)cc1C. The van der Waals surface area contributed by atoms with Crippen molar-refractivity contribution in [2.45, 2.75) is 18.7 Å². The fraction of sp³-hybridized carbons (Fsp3) is 0.100. The molecule has 38 heavy (non-hydrogen) atoms. The van der Waals surface area contributed by atoms with Crippen molar-refractivity contribution >= 4 is 58.3 Å². The first-order chi connectivity index (χ1) is 18.4. The van der Waals surface area contributed by atoms with Crippen molar-refractivity contribution < 1.29 is 14.4 Å². The van der Waals surface area contributed by atoms with Crippen LogP contribution in [0.2, 0.25) is 0 Å². The number of nitrogens with one attached hydrogen (secondary N) is 3. The predicted octanol–water partition coefficient (Wildman–Crippen LogP) is 6.51. The predicted molar refractivity (Wildman–Crippen MR) is 157 cm³/mol. The number of benzene rings is 3. The second-order valence-electron chi connectivity index (χ2n) is 8.55. The van der Waals surface area contributed by atoms with E-state index in [1.165, 1.54) is 28.7 Å². The molecule has 0 aliphatic carbocycles. The standard InChI is InChI=1S/C30H27N3O3S2/c1-20-11-12-25(15-21(20)2)31-28(34)19-38-26-10-6-9-24(17-26)32-30(36)27(16-22-13-14-37-18-22)33-29(35)23-7-4-3-5-8-23/h3-18H,19H2,1-2H3,(H,31,34)(H,32,36)(H,33,35)/b27-16-. The zero-order valence-corrected chi connectivity index (χ0v) is 22.6. The Balaban J connectivity index is 1.40. The van der Waals surface area contributed by atoms with E-state index in [2.05, 4.69) is 16.0 Å². The highest BCUT2D eigenvalue weighted by atomic mass is 32.2. The van der Waals surface area contributed by atoms with Gasteiger partial charge in [-0.15, -0.1) is 11.8 Å². The minimum absolute atomic E-state index is 0.114. The van der Waals surface area contributed by atoms with Gasteiger partial charge in [0.05, 0.1) is 5.75 Å². The molecule has 0 saturated carbocycles. The summed E-state index contributed by atoms with van der Waals surface area (Å²) < 4.78 is 0. The summed E-state index contributed by atoms with van der Waals surface area (Å²) in [5.74, 6) is -0.713. The first-order valence-electron chi connectivity index (χ1n) is 11.9. The van der Waals surface area contributed by atoms with Crippen molar-refractivity contribution in [3.63, 3.8) is 0 Å². The van der Waals surface area contributed by atoms with Gasteiger partial charge in [0.1, 0.15) is 5.70 Å². The number of carbonyl (C=O) groups excluding carboxylic acids is 3. The first-order valence-corrected chi connectivity index (χ1v) is 13.8. The van der Waals surface area contributed by atoms with E-state index >= 15 is 0 Å². The number of hydrogen-bond acceptors (Lipinski definition) is 5. The van der Waals surface area contributed by atoms with Crippen LogP contribution in [0.25, 0.3) is 6.08 Å². The number of amides is 3. The summed E-state index contributed by atoms with van der Waals surface area (Å²) in [6.45, 7) is 4.04. The summed E-state index contributed by atoms with van der Waals surface area (Å²) in [5, 5.41) is 12.3. The van der Waals surface area contributed by atoms with Crippen molar-refractivity contribution in [2.24, 2.45) is 0 Å². The highest BCUT2D eigenvalue weighted by Crippen LogP contribution is 2.23. The minimum atomic E-state index is -0.449. The second-order valence-corrected chi connectivity index (χ2v) is 10.4. The molecule has 3 amide bonds. The zero-order valence-electron chi connectivity index (χ0n) is 21.0. The van der Waals surface area contributed by atoms with Crippen LogP contribution < -0.4 is 16.0 Å². The maximum Gasteiger partial charge on any atom is 0.272 e. The highest BCUT2D eigenvalue weighted by molar-refractivity contribution is 8.00. The largest absolute Gasteiger partial charge is 0.325 e. The number of aryl methyl sites for hydroxylation is 2. The molecule has 0 saturated heterocycles. The highest BCUT2D eigenvalue weighted by Gasteiger charge is 2.15. The normalized spacial score (nSPS) is 11.1. The van der Waals surface area contributed by atoms with Gasteiger partial charge in [-0.05, 0) is 95.9 Å². The van der Waals surface area contributed by atoms with Crippen LogP contribution in [0.1, 0.15) is 27.0 Å². The summed E-state index contributed by atoms with van der Waals surface area (Å²) in [7, 11) is 0. The van der Waals surface area contributed by atoms with Gasteiger partial charge in [-0.25, -0.2) is 0 Å². The number of thiophene rings is 1. The van der Waals surface area contributed by atoms with Gasteiger partial charge in [0, 0.05) is 21.8 Å². The molecule has 0 atom stereocenters. The molecule has 1 aromatic heterocycles. The van der Waals surface area contributed by atoms with Gasteiger partial charge < -0.3 is 16.0 Å². The molecular weight excluding hydrogens is 514 g/mol. The van der Waals surface area contributed by atoms with Crippen LogP contribution in [0.4, 0.5) is 11.4 Å². The van der Waals surface area contributed by atoms with Crippen LogP contribution in [0.15, 0.2) is 100 Å². The summed E-state index contributed by atoms with van der Waals surface area (Å²) in [4.78, 5) is 39.2. The Bertz CT molecular complexity index is 1470. The molecule has 0 unspecified atom stereocenters. The van der Waals surface area contributed by atoms with E-state index in [-0.39, 0.29) is 23.3 Å². The maximum atomic E-state index is 13.2. The van der Waals surface area contributed by atoms with Crippen LogP contribution >= 0.6 is 23.1 Å². The van der Waals surface area contributed by atoms with Crippen LogP contribution in [-0.2, 0) is 9.59 Å². The molecule has 4 rings (SSSR count). The van der Waals surface area contributed by atoms with Crippen molar-refractivity contribution in [1.29, 1.82) is 0 Å². The molecule has 6 nitrogen and oxygen atoms in total. The Hall–Kier alpha value is -4.14. The third kappa shape index (κ3) is 7.68. The average Bonchev–Trinajstić information content (AvgIpc) is 3.43. The molecule has 3 N–H and O–H groups in total. The lowest BCUT2D eigenvalue weighted by atomic mass is 10.1. The van der Waals surface area contributed by atoms with Crippen molar-refractivity contribution in [3.05, 3.63) is 118 Å². The second kappa shape index (κ2) is 12.9. The third-order valence-corrected chi connectivity index (χ3v) is 7.33. The van der Waals surface area contributed by atoms with Crippen LogP contribution in [0.3, 0.4) is 0 Å². The lowest BCUT2D eigenvalue weighted by Gasteiger charge is -2.12. The van der Waals surface area contributed by atoms with Crippen LogP contribution in [-0.4, -0.2) is 23.5 Å². The average molecular weight is 542 g/mol. The lowest BCUT2D eigenvalue weighted by Crippen LogP contribution is -2.30. The van der Waals surface area contributed by atoms with Gasteiger partial charge in [0.25, 0.3) is 11.8 Å². The molecule has 0 spiro atoms. The molecule has 0 fully saturated rings. The third-order valence-electron chi connectivity index (χ3n) is 5.64. The summed E-state index contributed by atoms with van der Waals surface area (Å²) in [5.41, 5.74) is 5.00. The fourth-order valence-corrected chi connectivity index (χ4v) is 4.87.